The molecule has 0 bridgehead atoms. The minimum absolute atomic E-state index is 0.282. The zero-order chi connectivity index (χ0) is 9.19. The Kier molecular flexibility index (Phi) is 2.90. The van der Waals surface area contributed by atoms with Crippen molar-refractivity contribution >= 4 is 9.84 Å². The molecule has 1 unspecified atom stereocenters. The lowest BCUT2D eigenvalue weighted by atomic mass is 10.1. The first kappa shape index (κ1) is 9.74. The smallest absolute Gasteiger partial charge is 0.157 e. The van der Waals surface area contributed by atoms with Crippen LogP contribution in [0.4, 0.5) is 0 Å². The first-order chi connectivity index (χ1) is 5.58. The molecule has 3 nitrogen and oxygen atoms in total. The Morgan fingerprint density at radius 1 is 1.50 bits per heavy atom. The first-order valence-electron chi connectivity index (χ1n) is 4.17. The van der Waals surface area contributed by atoms with Crippen LogP contribution in [0.25, 0.3) is 0 Å². The highest BCUT2D eigenvalue weighted by Gasteiger charge is 2.29. The van der Waals surface area contributed by atoms with Crippen molar-refractivity contribution in [2.75, 3.05) is 12.3 Å². The van der Waals surface area contributed by atoms with Crippen LogP contribution in [0.3, 0.4) is 0 Å². The van der Waals surface area contributed by atoms with E-state index in [-0.39, 0.29) is 11.8 Å². The second-order valence-corrected chi connectivity index (χ2v) is 5.52. The van der Waals surface area contributed by atoms with Crippen molar-refractivity contribution in [1.82, 2.24) is 0 Å². The van der Waals surface area contributed by atoms with Crippen molar-refractivity contribution in [2.45, 2.75) is 24.5 Å². The van der Waals surface area contributed by atoms with E-state index in [1.165, 1.54) is 0 Å². The van der Waals surface area contributed by atoms with Gasteiger partial charge in [-0.25, -0.2) is 8.42 Å². The Morgan fingerprint density at radius 2 is 2.17 bits per heavy atom. The highest BCUT2D eigenvalue weighted by atomic mass is 32.2. The Hall–Kier alpha value is -0.350. The summed E-state index contributed by atoms with van der Waals surface area (Å²) in [6.07, 6.45) is 2.47. The van der Waals surface area contributed by atoms with E-state index in [1.54, 1.807) is 0 Å². The molecule has 0 aromatic rings. The van der Waals surface area contributed by atoms with Crippen LogP contribution in [0.2, 0.25) is 0 Å². The normalized spacial score (nSPS) is 28.2. The zero-order valence-corrected chi connectivity index (χ0v) is 7.94. The van der Waals surface area contributed by atoms with E-state index in [0.717, 1.165) is 12.8 Å². The fourth-order valence-electron chi connectivity index (χ4n) is 1.54. The molecule has 12 heavy (non-hydrogen) atoms. The standard InChI is InChI=1S/C8H15NO2S/c1-7(6-9)8-4-2-3-5-12(8,10)11/h8H,1-6,9H2. The molecule has 4 heteroatoms. The molecule has 1 aliphatic rings. The monoisotopic (exact) mass is 189 g/mol. The second kappa shape index (κ2) is 3.58. The van der Waals surface area contributed by atoms with E-state index in [0.29, 0.717) is 17.7 Å². The van der Waals surface area contributed by atoms with Crippen molar-refractivity contribution in [3.05, 3.63) is 12.2 Å². The summed E-state index contributed by atoms with van der Waals surface area (Å²) in [5.74, 6) is 0.302. The SMILES string of the molecule is C=C(CN)C1CCCCS1(=O)=O. The summed E-state index contributed by atoms with van der Waals surface area (Å²) in [4.78, 5) is 0. The third kappa shape index (κ3) is 1.87. The van der Waals surface area contributed by atoms with Crippen molar-refractivity contribution in [3.8, 4) is 0 Å². The minimum Gasteiger partial charge on any atom is -0.327 e. The van der Waals surface area contributed by atoms with E-state index in [4.69, 9.17) is 5.73 Å². The number of sulfone groups is 1. The molecule has 0 spiro atoms. The van der Waals surface area contributed by atoms with Crippen LogP contribution in [-0.4, -0.2) is 26.0 Å². The molecule has 0 aromatic heterocycles. The van der Waals surface area contributed by atoms with Gasteiger partial charge in [0.2, 0.25) is 0 Å². The summed E-state index contributed by atoms with van der Waals surface area (Å²) in [6, 6.07) is 0. The predicted octanol–water partition coefficient (Wildman–Crippen LogP) is 0.469. The highest BCUT2D eigenvalue weighted by Crippen LogP contribution is 2.23. The van der Waals surface area contributed by atoms with Gasteiger partial charge < -0.3 is 5.73 Å². The van der Waals surface area contributed by atoms with Gasteiger partial charge in [-0.1, -0.05) is 13.0 Å². The summed E-state index contributed by atoms with van der Waals surface area (Å²) in [7, 11) is -2.91. The van der Waals surface area contributed by atoms with Gasteiger partial charge in [0.25, 0.3) is 0 Å². The van der Waals surface area contributed by atoms with Crippen LogP contribution in [0.5, 0.6) is 0 Å². The lowest BCUT2D eigenvalue weighted by Crippen LogP contribution is -2.32. The molecule has 2 N–H and O–H groups in total. The third-order valence-electron chi connectivity index (χ3n) is 2.30. The molecule has 0 saturated carbocycles. The third-order valence-corrected chi connectivity index (χ3v) is 4.59. The molecule has 0 aromatic carbocycles. The van der Waals surface area contributed by atoms with Gasteiger partial charge in [0, 0.05) is 6.54 Å². The highest BCUT2D eigenvalue weighted by molar-refractivity contribution is 7.92. The number of nitrogens with two attached hydrogens (primary N) is 1. The lowest BCUT2D eigenvalue weighted by Gasteiger charge is -2.23. The van der Waals surface area contributed by atoms with Gasteiger partial charge in [0.05, 0.1) is 11.0 Å². The maximum atomic E-state index is 11.5. The van der Waals surface area contributed by atoms with Crippen LogP contribution in [0.15, 0.2) is 12.2 Å². The van der Waals surface area contributed by atoms with Crippen molar-refractivity contribution < 1.29 is 8.42 Å². The van der Waals surface area contributed by atoms with E-state index in [1.807, 2.05) is 0 Å². The van der Waals surface area contributed by atoms with Gasteiger partial charge in [-0.15, -0.1) is 0 Å². The van der Waals surface area contributed by atoms with Crippen molar-refractivity contribution in [1.29, 1.82) is 0 Å². The molecule has 0 aliphatic carbocycles. The van der Waals surface area contributed by atoms with Crippen LogP contribution in [-0.2, 0) is 9.84 Å². The van der Waals surface area contributed by atoms with E-state index in [2.05, 4.69) is 6.58 Å². The Bertz CT molecular complexity index is 269. The topological polar surface area (TPSA) is 60.2 Å². The second-order valence-electron chi connectivity index (χ2n) is 3.21. The quantitative estimate of drug-likeness (QED) is 0.642. The molecule has 1 atom stereocenters. The summed E-state index contributed by atoms with van der Waals surface area (Å²) < 4.78 is 22.9. The fraction of sp³-hybridized carbons (Fsp3) is 0.750. The molecular formula is C8H15NO2S. The lowest BCUT2D eigenvalue weighted by molar-refractivity contribution is 0.553. The Morgan fingerprint density at radius 3 is 2.67 bits per heavy atom. The largest absolute Gasteiger partial charge is 0.327 e. The molecular weight excluding hydrogens is 174 g/mol. The summed E-state index contributed by atoms with van der Waals surface area (Å²) in [6.45, 7) is 3.97. The molecule has 0 radical (unpaired) electrons. The molecule has 1 aliphatic heterocycles. The van der Waals surface area contributed by atoms with Crippen LogP contribution in [0, 0.1) is 0 Å². The van der Waals surface area contributed by atoms with Crippen LogP contribution < -0.4 is 5.73 Å². The maximum absolute atomic E-state index is 11.5. The van der Waals surface area contributed by atoms with Crippen LogP contribution >= 0.6 is 0 Å². The number of hydrogen-bond donors (Lipinski definition) is 1. The van der Waals surface area contributed by atoms with Crippen LogP contribution in [0.1, 0.15) is 19.3 Å². The molecule has 1 rings (SSSR count). The molecule has 1 saturated heterocycles. The minimum atomic E-state index is -2.91. The van der Waals surface area contributed by atoms with Gasteiger partial charge >= 0.3 is 0 Å². The van der Waals surface area contributed by atoms with Gasteiger partial charge in [0.15, 0.2) is 9.84 Å². The average Bonchev–Trinajstić information content (AvgIpc) is 2.02. The Balaban J connectivity index is 2.80. The van der Waals surface area contributed by atoms with E-state index in [9.17, 15) is 8.42 Å². The molecule has 0 amide bonds. The van der Waals surface area contributed by atoms with Gasteiger partial charge in [-0.3, -0.25) is 0 Å². The maximum Gasteiger partial charge on any atom is 0.157 e. The summed E-state index contributed by atoms with van der Waals surface area (Å²) in [5, 5.41) is -0.365. The van der Waals surface area contributed by atoms with E-state index >= 15 is 0 Å². The summed E-state index contributed by atoms with van der Waals surface area (Å²) >= 11 is 0. The van der Waals surface area contributed by atoms with E-state index < -0.39 is 9.84 Å². The average molecular weight is 189 g/mol. The Labute approximate surface area is 73.6 Å². The van der Waals surface area contributed by atoms with Crippen molar-refractivity contribution in [3.63, 3.8) is 0 Å². The zero-order valence-electron chi connectivity index (χ0n) is 7.12. The fourth-order valence-corrected chi connectivity index (χ4v) is 3.57. The predicted molar refractivity (Wildman–Crippen MR) is 49.6 cm³/mol. The first-order valence-corrected chi connectivity index (χ1v) is 5.89. The van der Waals surface area contributed by atoms with Gasteiger partial charge in [-0.05, 0) is 18.4 Å². The molecule has 70 valence electrons. The molecule has 1 heterocycles. The summed E-state index contributed by atoms with van der Waals surface area (Å²) in [5.41, 5.74) is 6.02. The van der Waals surface area contributed by atoms with Gasteiger partial charge in [-0.2, -0.15) is 0 Å². The number of rotatable bonds is 2. The number of hydrogen-bond acceptors (Lipinski definition) is 3. The van der Waals surface area contributed by atoms with Crippen molar-refractivity contribution in [2.24, 2.45) is 5.73 Å². The molecule has 1 fully saturated rings. The van der Waals surface area contributed by atoms with Gasteiger partial charge in [0.1, 0.15) is 0 Å².